The monoisotopic (exact) mass is 295 g/mol. The summed E-state index contributed by atoms with van der Waals surface area (Å²) in [7, 11) is 1.35. The fraction of sp³-hybridized carbons (Fsp3) is 0.571. The van der Waals surface area contributed by atoms with E-state index in [9.17, 15) is 4.79 Å². The molecule has 110 valence electrons. The van der Waals surface area contributed by atoms with Gasteiger partial charge in [-0.15, -0.1) is 0 Å². The molecule has 0 aliphatic carbocycles. The molecule has 6 heteroatoms. The van der Waals surface area contributed by atoms with Gasteiger partial charge in [-0.3, -0.25) is 0 Å². The van der Waals surface area contributed by atoms with E-state index < -0.39 is 5.97 Å². The van der Waals surface area contributed by atoms with Crippen LogP contribution in [0.4, 0.5) is 11.5 Å². The Bertz CT molecular complexity index is 505. The molecule has 0 saturated carbocycles. The number of pyridine rings is 1. The van der Waals surface area contributed by atoms with E-state index in [1.54, 1.807) is 12.3 Å². The van der Waals surface area contributed by atoms with Crippen molar-refractivity contribution in [2.45, 2.75) is 25.0 Å². The van der Waals surface area contributed by atoms with Gasteiger partial charge in [0.05, 0.1) is 18.4 Å². The molecule has 0 radical (unpaired) electrons. The van der Waals surface area contributed by atoms with Crippen LogP contribution >= 0.6 is 11.8 Å². The number of carbonyl (C=O) groups is 1. The number of methoxy groups -OCH3 is 1. The smallest absolute Gasteiger partial charge is 0.340 e. The molecule has 0 spiro atoms. The van der Waals surface area contributed by atoms with Gasteiger partial charge in [0.15, 0.2) is 5.82 Å². The van der Waals surface area contributed by atoms with Crippen LogP contribution in [0.25, 0.3) is 0 Å². The van der Waals surface area contributed by atoms with Crippen molar-refractivity contribution in [2.24, 2.45) is 0 Å². The Morgan fingerprint density at radius 2 is 2.25 bits per heavy atom. The van der Waals surface area contributed by atoms with Crippen LogP contribution in [-0.4, -0.2) is 41.7 Å². The zero-order valence-electron chi connectivity index (χ0n) is 12.2. The summed E-state index contributed by atoms with van der Waals surface area (Å²) in [6, 6.07) is 1.60. The van der Waals surface area contributed by atoms with E-state index in [-0.39, 0.29) is 4.75 Å². The minimum absolute atomic E-state index is 0.267. The second kappa shape index (κ2) is 5.91. The van der Waals surface area contributed by atoms with Crippen LogP contribution in [-0.2, 0) is 4.74 Å². The summed E-state index contributed by atoms with van der Waals surface area (Å²) in [5, 5.41) is 0. The lowest BCUT2D eigenvalue weighted by Gasteiger charge is -2.24. The highest BCUT2D eigenvalue weighted by Crippen LogP contribution is 2.33. The number of nitrogen functional groups attached to an aromatic ring is 1. The number of nitrogens with two attached hydrogens (primary N) is 1. The van der Waals surface area contributed by atoms with Crippen molar-refractivity contribution < 1.29 is 9.53 Å². The predicted molar refractivity (Wildman–Crippen MR) is 83.4 cm³/mol. The first kappa shape index (κ1) is 15.0. The van der Waals surface area contributed by atoms with Crippen molar-refractivity contribution in [1.82, 2.24) is 4.98 Å². The maximum atomic E-state index is 11.7. The van der Waals surface area contributed by atoms with Crippen molar-refractivity contribution in [3.63, 3.8) is 0 Å². The molecule has 20 heavy (non-hydrogen) atoms. The van der Waals surface area contributed by atoms with E-state index >= 15 is 0 Å². The lowest BCUT2D eigenvalue weighted by molar-refractivity contribution is 0.0602. The van der Waals surface area contributed by atoms with Crippen molar-refractivity contribution in [3.05, 3.63) is 17.8 Å². The Morgan fingerprint density at radius 3 is 2.95 bits per heavy atom. The zero-order chi connectivity index (χ0) is 14.8. The average Bonchev–Trinajstić information content (AvgIpc) is 2.59. The van der Waals surface area contributed by atoms with E-state index in [1.165, 1.54) is 7.11 Å². The number of aromatic nitrogens is 1. The first-order valence-corrected chi connectivity index (χ1v) is 7.65. The minimum Gasteiger partial charge on any atom is -0.465 e. The van der Waals surface area contributed by atoms with E-state index in [0.29, 0.717) is 17.1 Å². The molecule has 1 aliphatic heterocycles. The molecule has 1 fully saturated rings. The predicted octanol–water partition coefficient (Wildman–Crippen LogP) is 2.17. The first-order chi connectivity index (χ1) is 9.44. The van der Waals surface area contributed by atoms with Crippen molar-refractivity contribution in [1.29, 1.82) is 0 Å². The molecule has 1 aliphatic rings. The first-order valence-electron chi connectivity index (χ1n) is 6.66. The number of hydrogen-bond donors (Lipinski definition) is 1. The Kier molecular flexibility index (Phi) is 4.42. The number of thioether (sulfide) groups is 1. The van der Waals surface area contributed by atoms with Crippen LogP contribution in [0.3, 0.4) is 0 Å². The second-order valence-corrected chi connectivity index (χ2v) is 7.23. The Labute approximate surface area is 123 Å². The molecule has 2 N–H and O–H groups in total. The third-order valence-corrected chi connectivity index (χ3v) is 4.88. The van der Waals surface area contributed by atoms with E-state index in [1.807, 2.05) is 11.8 Å². The maximum absolute atomic E-state index is 11.7. The van der Waals surface area contributed by atoms with Crippen LogP contribution in [0.1, 0.15) is 30.6 Å². The molecule has 5 nitrogen and oxygen atoms in total. The SMILES string of the molecule is COC(=O)c1ccnc(N2CCSC(C)(C)CC2)c1N. The normalized spacial score (nSPS) is 18.4. The largest absolute Gasteiger partial charge is 0.465 e. The number of rotatable bonds is 2. The van der Waals surface area contributed by atoms with Gasteiger partial charge in [0.2, 0.25) is 0 Å². The van der Waals surface area contributed by atoms with E-state index in [4.69, 9.17) is 10.5 Å². The number of esters is 1. The Morgan fingerprint density at radius 1 is 1.50 bits per heavy atom. The third kappa shape index (κ3) is 3.17. The van der Waals surface area contributed by atoms with Crippen LogP contribution in [0.15, 0.2) is 12.3 Å². The van der Waals surface area contributed by atoms with E-state index in [2.05, 4.69) is 23.7 Å². The highest BCUT2D eigenvalue weighted by Gasteiger charge is 2.26. The molecule has 0 bridgehead atoms. The Balaban J connectivity index is 2.27. The summed E-state index contributed by atoms with van der Waals surface area (Å²) in [5.74, 6) is 1.29. The highest BCUT2D eigenvalue weighted by atomic mass is 32.2. The fourth-order valence-corrected chi connectivity index (χ4v) is 3.33. The Hall–Kier alpha value is -1.43. The average molecular weight is 295 g/mol. The van der Waals surface area contributed by atoms with Crippen molar-refractivity contribution in [2.75, 3.05) is 36.6 Å². The molecule has 0 unspecified atom stereocenters. The van der Waals surface area contributed by atoms with Gasteiger partial charge in [0.1, 0.15) is 0 Å². The van der Waals surface area contributed by atoms with Gasteiger partial charge >= 0.3 is 5.97 Å². The van der Waals surface area contributed by atoms with Gasteiger partial charge in [-0.25, -0.2) is 9.78 Å². The minimum atomic E-state index is -0.421. The molecular formula is C14H21N3O2S. The quantitative estimate of drug-likeness (QED) is 0.843. The van der Waals surface area contributed by atoms with Gasteiger partial charge in [-0.2, -0.15) is 11.8 Å². The lowest BCUT2D eigenvalue weighted by Crippen LogP contribution is -2.29. The van der Waals surface area contributed by atoms with E-state index in [0.717, 1.165) is 25.3 Å². The summed E-state index contributed by atoms with van der Waals surface area (Å²) in [5.41, 5.74) is 6.89. The maximum Gasteiger partial charge on any atom is 0.340 e. The van der Waals surface area contributed by atoms with Gasteiger partial charge < -0.3 is 15.4 Å². The van der Waals surface area contributed by atoms with Gasteiger partial charge in [-0.05, 0) is 12.5 Å². The zero-order valence-corrected chi connectivity index (χ0v) is 13.0. The molecule has 1 saturated heterocycles. The number of ether oxygens (including phenoxy) is 1. The van der Waals surface area contributed by atoms with Gasteiger partial charge in [-0.1, -0.05) is 13.8 Å². The molecule has 1 aromatic rings. The van der Waals surface area contributed by atoms with Crippen LogP contribution in [0.5, 0.6) is 0 Å². The molecule has 2 heterocycles. The highest BCUT2D eigenvalue weighted by molar-refractivity contribution is 8.00. The molecule has 2 rings (SSSR count). The number of anilines is 2. The third-order valence-electron chi connectivity index (χ3n) is 3.51. The summed E-state index contributed by atoms with van der Waals surface area (Å²) in [6.45, 7) is 6.28. The lowest BCUT2D eigenvalue weighted by atomic mass is 10.1. The van der Waals surface area contributed by atoms with Gasteiger partial charge in [0.25, 0.3) is 0 Å². The summed E-state index contributed by atoms with van der Waals surface area (Å²) in [4.78, 5) is 18.2. The number of hydrogen-bond acceptors (Lipinski definition) is 6. The standard InChI is InChI=1S/C14H21N3O2S/c1-14(2)5-7-17(8-9-20-14)12-11(15)10(4-6-16-12)13(18)19-3/h4,6H,5,7-9,15H2,1-3H3. The number of carbonyl (C=O) groups excluding carboxylic acids is 1. The number of nitrogens with zero attached hydrogens (tertiary/aromatic N) is 2. The topological polar surface area (TPSA) is 68.5 Å². The second-order valence-electron chi connectivity index (χ2n) is 5.43. The summed E-state index contributed by atoms with van der Waals surface area (Å²) < 4.78 is 5.02. The molecule has 0 aromatic carbocycles. The summed E-state index contributed by atoms with van der Waals surface area (Å²) >= 11 is 1.96. The fourth-order valence-electron chi connectivity index (χ4n) is 2.23. The van der Waals surface area contributed by atoms with Crippen LogP contribution in [0.2, 0.25) is 0 Å². The molecular weight excluding hydrogens is 274 g/mol. The van der Waals surface area contributed by atoms with Crippen molar-refractivity contribution in [3.8, 4) is 0 Å². The van der Waals surface area contributed by atoms with Crippen molar-refractivity contribution >= 4 is 29.2 Å². The van der Waals surface area contributed by atoms with Gasteiger partial charge in [0, 0.05) is 29.8 Å². The molecule has 0 amide bonds. The van der Waals surface area contributed by atoms with Crippen LogP contribution < -0.4 is 10.6 Å². The molecule has 0 atom stereocenters. The molecule has 1 aromatic heterocycles. The van der Waals surface area contributed by atoms with Crippen LogP contribution in [0, 0.1) is 0 Å². The summed E-state index contributed by atoms with van der Waals surface area (Å²) in [6.07, 6.45) is 2.67.